The minimum Gasteiger partial charge on any atom is -0.508 e. The van der Waals surface area contributed by atoms with Crippen molar-refractivity contribution in [3.63, 3.8) is 0 Å². The average Bonchev–Trinajstić information content (AvgIpc) is 3.11. The van der Waals surface area contributed by atoms with Crippen molar-refractivity contribution in [2.75, 3.05) is 0 Å². The first-order valence-electron chi connectivity index (χ1n) is 9.09. The van der Waals surface area contributed by atoms with Gasteiger partial charge in [0.25, 0.3) is 0 Å². The van der Waals surface area contributed by atoms with Gasteiger partial charge in [-0.05, 0) is 42.8 Å². The number of benzene rings is 2. The van der Waals surface area contributed by atoms with E-state index < -0.39 is 0 Å². The number of phenols is 1. The van der Waals surface area contributed by atoms with Crippen LogP contribution in [0.15, 0.2) is 65.2 Å². The fraction of sp³-hybridized carbons (Fsp3) is 0.136. The number of ether oxygens (including phenoxy) is 1. The van der Waals surface area contributed by atoms with E-state index in [9.17, 15) is 9.90 Å². The number of hydrogen-bond acceptors (Lipinski definition) is 6. The summed E-state index contributed by atoms with van der Waals surface area (Å²) in [6.45, 7) is 3.40. The molecule has 7 nitrogen and oxygen atoms in total. The quantitative estimate of drug-likeness (QED) is 0.518. The summed E-state index contributed by atoms with van der Waals surface area (Å²) in [7, 11) is 0. The molecule has 0 spiro atoms. The van der Waals surface area contributed by atoms with Gasteiger partial charge in [0.15, 0.2) is 5.58 Å². The number of carbonyl (C=O) groups is 1. The number of pyridine rings is 1. The Balaban J connectivity index is 1.55. The Kier molecular flexibility index (Phi) is 4.87. The minimum atomic E-state index is -0.124. The van der Waals surface area contributed by atoms with Crippen LogP contribution in [-0.4, -0.2) is 21.0 Å². The number of aromatic nitrogens is 2. The molecular weight excluding hydrogens is 370 g/mol. The molecule has 0 fully saturated rings. The Morgan fingerprint density at radius 2 is 2.03 bits per heavy atom. The highest BCUT2D eigenvalue weighted by Crippen LogP contribution is 2.28. The lowest BCUT2D eigenvalue weighted by atomic mass is 10.1. The van der Waals surface area contributed by atoms with Crippen molar-refractivity contribution in [1.29, 1.82) is 0 Å². The van der Waals surface area contributed by atoms with E-state index in [0.29, 0.717) is 28.7 Å². The monoisotopic (exact) mass is 389 g/mol. The molecule has 7 heteroatoms. The predicted molar refractivity (Wildman–Crippen MR) is 108 cm³/mol. The summed E-state index contributed by atoms with van der Waals surface area (Å²) < 4.78 is 11.5. The Labute approximate surface area is 167 Å². The van der Waals surface area contributed by atoms with Crippen molar-refractivity contribution in [2.24, 2.45) is 0 Å². The first kappa shape index (κ1) is 18.5. The molecule has 29 heavy (non-hydrogen) atoms. The first-order valence-corrected chi connectivity index (χ1v) is 9.09. The second kappa shape index (κ2) is 7.63. The van der Waals surface area contributed by atoms with Crippen molar-refractivity contribution in [1.82, 2.24) is 15.3 Å². The summed E-state index contributed by atoms with van der Waals surface area (Å²) in [5, 5.41) is 12.4. The number of nitrogens with one attached hydrogen (secondary N) is 1. The molecule has 0 saturated carbocycles. The van der Waals surface area contributed by atoms with E-state index in [2.05, 4.69) is 15.3 Å². The second-order valence-corrected chi connectivity index (χ2v) is 6.65. The van der Waals surface area contributed by atoms with Crippen LogP contribution < -0.4 is 10.1 Å². The third kappa shape index (κ3) is 4.19. The number of nitrogens with zero attached hydrogens (tertiary/aromatic N) is 2. The molecule has 0 aliphatic carbocycles. The smallest absolute Gasteiger partial charge is 0.228 e. The number of oxazole rings is 1. The van der Waals surface area contributed by atoms with E-state index in [1.807, 2.05) is 25.1 Å². The van der Waals surface area contributed by atoms with E-state index in [1.54, 1.807) is 36.5 Å². The molecule has 0 radical (unpaired) electrons. The van der Waals surface area contributed by atoms with Crippen molar-refractivity contribution in [3.8, 4) is 28.8 Å². The van der Waals surface area contributed by atoms with Crippen molar-refractivity contribution in [2.45, 2.75) is 19.9 Å². The van der Waals surface area contributed by atoms with Crippen LogP contribution in [0.25, 0.3) is 22.6 Å². The Morgan fingerprint density at radius 3 is 2.76 bits per heavy atom. The Hall–Kier alpha value is -3.87. The van der Waals surface area contributed by atoms with Crippen molar-refractivity contribution >= 4 is 17.0 Å². The van der Waals surface area contributed by atoms with Crippen molar-refractivity contribution in [3.05, 3.63) is 66.4 Å². The summed E-state index contributed by atoms with van der Waals surface area (Å²) in [5.41, 5.74) is 3.00. The van der Waals surface area contributed by atoms with Crippen LogP contribution in [0.5, 0.6) is 17.4 Å². The molecule has 4 aromatic rings. The Morgan fingerprint density at radius 1 is 1.17 bits per heavy atom. The fourth-order valence-corrected chi connectivity index (χ4v) is 2.96. The number of aromatic hydroxyl groups is 1. The van der Waals surface area contributed by atoms with Gasteiger partial charge in [0.05, 0.1) is 11.6 Å². The minimum absolute atomic E-state index is 0.0880. The highest BCUT2D eigenvalue weighted by molar-refractivity contribution is 5.77. The third-order valence-corrected chi connectivity index (χ3v) is 4.36. The lowest BCUT2D eigenvalue weighted by Gasteiger charge is -2.12. The molecule has 1 atom stereocenters. The van der Waals surface area contributed by atoms with E-state index in [4.69, 9.17) is 9.15 Å². The van der Waals surface area contributed by atoms with Gasteiger partial charge in [-0.3, -0.25) is 4.79 Å². The van der Waals surface area contributed by atoms with Gasteiger partial charge in [-0.2, -0.15) is 0 Å². The molecule has 2 aromatic carbocycles. The summed E-state index contributed by atoms with van der Waals surface area (Å²) >= 11 is 0. The zero-order valence-corrected chi connectivity index (χ0v) is 15.9. The van der Waals surface area contributed by atoms with Crippen LogP contribution in [0, 0.1) is 0 Å². The molecule has 0 saturated heterocycles. The van der Waals surface area contributed by atoms with Crippen molar-refractivity contribution < 1.29 is 19.1 Å². The number of carbonyl (C=O) groups excluding carboxylic acids is 1. The van der Waals surface area contributed by atoms with Gasteiger partial charge in [-0.1, -0.05) is 12.1 Å². The number of amides is 1. The number of hydrogen-bond donors (Lipinski definition) is 2. The highest BCUT2D eigenvalue weighted by atomic mass is 16.5. The second-order valence-electron chi connectivity index (χ2n) is 6.65. The summed E-state index contributed by atoms with van der Waals surface area (Å²) in [4.78, 5) is 20.0. The SMILES string of the molecule is CC(=O)NC(C)c1ccc2nc(-c3ccc(Oc4cccc(O)c4)nc3)oc2c1. The molecule has 2 heterocycles. The normalized spacial score (nSPS) is 11.9. The third-order valence-electron chi connectivity index (χ3n) is 4.36. The summed E-state index contributed by atoms with van der Waals surface area (Å²) in [5.74, 6) is 1.36. The van der Waals surface area contributed by atoms with Gasteiger partial charge >= 0.3 is 0 Å². The molecule has 0 aliphatic heterocycles. The maximum atomic E-state index is 11.3. The molecule has 4 rings (SSSR count). The summed E-state index contributed by atoms with van der Waals surface area (Å²) in [6.07, 6.45) is 1.61. The number of fused-ring (bicyclic) bond motifs is 1. The standard InChI is InChI=1S/C22H19N3O4/c1-13(24-14(2)26)15-6-8-19-20(10-15)29-22(25-19)16-7-9-21(23-12-16)28-18-5-3-4-17(27)11-18/h3-13,27H,1-2H3,(H,24,26). The molecule has 2 aromatic heterocycles. The van der Waals surface area contributed by atoms with Crippen LogP contribution in [0.2, 0.25) is 0 Å². The van der Waals surface area contributed by atoms with Gasteiger partial charge in [-0.15, -0.1) is 0 Å². The molecule has 0 aliphatic rings. The van der Waals surface area contributed by atoms with E-state index in [-0.39, 0.29) is 17.7 Å². The van der Waals surface area contributed by atoms with Crippen LogP contribution in [-0.2, 0) is 4.79 Å². The van der Waals surface area contributed by atoms with Gasteiger partial charge in [0.2, 0.25) is 17.7 Å². The molecule has 1 unspecified atom stereocenters. The van der Waals surface area contributed by atoms with E-state index >= 15 is 0 Å². The topological polar surface area (TPSA) is 97.5 Å². The number of phenolic OH excluding ortho intramolecular Hbond substituents is 1. The van der Waals surface area contributed by atoms with Crippen LogP contribution in [0.3, 0.4) is 0 Å². The zero-order valence-electron chi connectivity index (χ0n) is 15.9. The maximum absolute atomic E-state index is 11.3. The summed E-state index contributed by atoms with van der Waals surface area (Å²) in [6, 6.07) is 15.5. The van der Waals surface area contributed by atoms with E-state index in [1.165, 1.54) is 13.0 Å². The average molecular weight is 389 g/mol. The van der Waals surface area contributed by atoms with Gasteiger partial charge in [-0.25, -0.2) is 9.97 Å². The lowest BCUT2D eigenvalue weighted by molar-refractivity contribution is -0.119. The maximum Gasteiger partial charge on any atom is 0.228 e. The lowest BCUT2D eigenvalue weighted by Crippen LogP contribution is -2.23. The molecule has 0 bridgehead atoms. The zero-order chi connectivity index (χ0) is 20.4. The fourth-order valence-electron chi connectivity index (χ4n) is 2.96. The predicted octanol–water partition coefficient (Wildman–Crippen LogP) is 4.58. The molecular formula is C22H19N3O4. The molecule has 1 amide bonds. The molecule has 146 valence electrons. The number of rotatable bonds is 5. The van der Waals surface area contributed by atoms with Gasteiger partial charge < -0.3 is 19.6 Å². The highest BCUT2D eigenvalue weighted by Gasteiger charge is 2.13. The first-order chi connectivity index (χ1) is 14.0. The van der Waals surface area contributed by atoms with Crippen LogP contribution in [0.4, 0.5) is 0 Å². The van der Waals surface area contributed by atoms with Crippen LogP contribution >= 0.6 is 0 Å². The van der Waals surface area contributed by atoms with E-state index in [0.717, 1.165) is 11.1 Å². The van der Waals surface area contributed by atoms with Gasteiger partial charge in [0, 0.05) is 25.3 Å². The molecule has 2 N–H and O–H groups in total. The Bertz CT molecular complexity index is 1170. The largest absolute Gasteiger partial charge is 0.508 e. The van der Waals surface area contributed by atoms with Gasteiger partial charge in [0.1, 0.15) is 17.0 Å². The van der Waals surface area contributed by atoms with Crippen LogP contribution in [0.1, 0.15) is 25.5 Å².